The number of fused-ring (bicyclic) bond motifs is 1. The molecule has 7 heteroatoms. The lowest BCUT2D eigenvalue weighted by molar-refractivity contribution is -0.384. The number of Topliss-reactive ketones (excluding diaryl/α,β-unsaturated/α-hetero) is 2. The van der Waals surface area contributed by atoms with Gasteiger partial charge in [0.05, 0.1) is 18.1 Å². The first-order valence-electron chi connectivity index (χ1n) is 8.68. The van der Waals surface area contributed by atoms with Gasteiger partial charge in [-0.3, -0.25) is 19.7 Å². The van der Waals surface area contributed by atoms with Crippen LogP contribution in [0.15, 0.2) is 29.7 Å². The number of hydrogen-bond donors (Lipinski definition) is 0. The molecule has 1 aliphatic carbocycles. The van der Waals surface area contributed by atoms with Crippen molar-refractivity contribution < 1.29 is 24.0 Å². The molecule has 7 nitrogen and oxygen atoms in total. The molecule has 0 aromatic heterocycles. The Morgan fingerprint density at radius 2 is 1.30 bits per heavy atom. The Morgan fingerprint density at radius 1 is 0.852 bits per heavy atom. The number of ether oxygens (including phenoxy) is 2. The summed E-state index contributed by atoms with van der Waals surface area (Å²) in [6.45, 7) is 12.0. The van der Waals surface area contributed by atoms with Crippen LogP contribution in [0.5, 0.6) is 0 Å². The first kappa shape index (κ1) is 20.6. The molecule has 1 aromatic carbocycles. The van der Waals surface area contributed by atoms with Crippen molar-refractivity contribution in [1.82, 2.24) is 0 Å². The SMILES string of the molecule is CC(C)(C)COC1=C(OCC(C)(C)C)C(=O)c2cc([N+](=O)[O-])ccc2C1=O. The summed E-state index contributed by atoms with van der Waals surface area (Å²) in [6, 6.07) is 3.59. The number of allylic oxidation sites excluding steroid dienone is 2. The van der Waals surface area contributed by atoms with Crippen LogP contribution in [0.4, 0.5) is 5.69 Å². The lowest BCUT2D eigenvalue weighted by atomic mass is 9.91. The van der Waals surface area contributed by atoms with Gasteiger partial charge in [0.15, 0.2) is 0 Å². The standard InChI is InChI=1S/C20H25NO6/c1-19(2,3)10-26-17-15(22)13-8-7-12(21(24)25)9-14(13)16(23)18(17)27-11-20(4,5)6/h7-9H,10-11H2,1-6H3. The Morgan fingerprint density at radius 3 is 1.70 bits per heavy atom. The number of benzene rings is 1. The maximum atomic E-state index is 13.0. The Labute approximate surface area is 158 Å². The van der Waals surface area contributed by atoms with Gasteiger partial charge in [0.1, 0.15) is 0 Å². The van der Waals surface area contributed by atoms with Gasteiger partial charge in [-0.2, -0.15) is 0 Å². The topological polar surface area (TPSA) is 95.7 Å². The van der Waals surface area contributed by atoms with E-state index in [1.165, 1.54) is 12.1 Å². The molecule has 0 spiro atoms. The zero-order valence-corrected chi connectivity index (χ0v) is 16.5. The molecule has 146 valence electrons. The van der Waals surface area contributed by atoms with Crippen molar-refractivity contribution in [2.75, 3.05) is 13.2 Å². The fourth-order valence-corrected chi connectivity index (χ4v) is 2.32. The van der Waals surface area contributed by atoms with Crippen LogP contribution < -0.4 is 0 Å². The van der Waals surface area contributed by atoms with E-state index in [-0.39, 0.29) is 52.4 Å². The first-order valence-corrected chi connectivity index (χ1v) is 8.68. The van der Waals surface area contributed by atoms with Gasteiger partial charge in [-0.25, -0.2) is 0 Å². The molecule has 1 aliphatic rings. The number of nitro groups is 1. The summed E-state index contributed by atoms with van der Waals surface area (Å²) < 4.78 is 11.4. The van der Waals surface area contributed by atoms with Gasteiger partial charge in [-0.1, -0.05) is 41.5 Å². The Kier molecular flexibility index (Phi) is 5.45. The molecular formula is C20H25NO6. The maximum Gasteiger partial charge on any atom is 0.270 e. The van der Waals surface area contributed by atoms with Crippen molar-refractivity contribution in [1.29, 1.82) is 0 Å². The van der Waals surface area contributed by atoms with Gasteiger partial charge in [0, 0.05) is 23.3 Å². The highest BCUT2D eigenvalue weighted by molar-refractivity contribution is 6.25. The van der Waals surface area contributed by atoms with Gasteiger partial charge < -0.3 is 9.47 Å². The van der Waals surface area contributed by atoms with E-state index in [4.69, 9.17) is 9.47 Å². The van der Waals surface area contributed by atoms with Crippen molar-refractivity contribution in [2.45, 2.75) is 41.5 Å². The van der Waals surface area contributed by atoms with Crippen molar-refractivity contribution >= 4 is 17.3 Å². The van der Waals surface area contributed by atoms with Crippen molar-refractivity contribution in [3.05, 3.63) is 51.0 Å². The van der Waals surface area contributed by atoms with Crippen molar-refractivity contribution in [3.63, 3.8) is 0 Å². The number of carbonyl (C=O) groups is 2. The number of ketones is 2. The molecule has 1 aromatic rings. The second kappa shape index (κ2) is 7.13. The van der Waals surface area contributed by atoms with E-state index in [9.17, 15) is 19.7 Å². The summed E-state index contributed by atoms with van der Waals surface area (Å²) >= 11 is 0. The Bertz CT molecular complexity index is 824. The molecule has 0 saturated heterocycles. The lowest BCUT2D eigenvalue weighted by Gasteiger charge is -2.26. The van der Waals surface area contributed by atoms with Gasteiger partial charge in [0.25, 0.3) is 5.69 Å². The van der Waals surface area contributed by atoms with E-state index in [0.29, 0.717) is 0 Å². The molecular weight excluding hydrogens is 350 g/mol. The van der Waals surface area contributed by atoms with Crippen LogP contribution in [0.2, 0.25) is 0 Å². The van der Waals surface area contributed by atoms with Crippen LogP contribution in [0.1, 0.15) is 62.3 Å². The van der Waals surface area contributed by atoms with E-state index in [2.05, 4.69) is 0 Å². The summed E-state index contributed by atoms with van der Waals surface area (Å²) in [7, 11) is 0. The summed E-state index contributed by atoms with van der Waals surface area (Å²) in [5, 5.41) is 11.0. The van der Waals surface area contributed by atoms with Gasteiger partial charge in [0.2, 0.25) is 23.1 Å². The zero-order chi connectivity index (χ0) is 20.6. The largest absolute Gasteiger partial charge is 0.486 e. The number of nitro benzene ring substituents is 1. The second-order valence-corrected chi connectivity index (χ2v) is 9.00. The highest BCUT2D eigenvalue weighted by atomic mass is 16.6. The van der Waals surface area contributed by atoms with Crippen LogP contribution >= 0.6 is 0 Å². The average molecular weight is 375 g/mol. The highest BCUT2D eigenvalue weighted by Gasteiger charge is 2.37. The van der Waals surface area contributed by atoms with Crippen LogP contribution in [-0.4, -0.2) is 29.7 Å². The van der Waals surface area contributed by atoms with E-state index < -0.39 is 16.5 Å². The second-order valence-electron chi connectivity index (χ2n) is 9.00. The van der Waals surface area contributed by atoms with Gasteiger partial charge >= 0.3 is 0 Å². The predicted octanol–water partition coefficient (Wildman–Crippen LogP) is 4.31. The third-order valence-corrected chi connectivity index (χ3v) is 3.62. The summed E-state index contributed by atoms with van der Waals surface area (Å²) in [5.41, 5.74) is -0.710. The zero-order valence-electron chi connectivity index (χ0n) is 16.5. The number of non-ortho nitro benzene ring substituents is 1. The number of nitrogens with zero attached hydrogens (tertiary/aromatic N) is 1. The van der Waals surface area contributed by atoms with E-state index in [1.807, 2.05) is 41.5 Å². The molecule has 0 amide bonds. The molecule has 0 heterocycles. The molecule has 0 aliphatic heterocycles. The van der Waals surface area contributed by atoms with E-state index >= 15 is 0 Å². The first-order chi connectivity index (χ1) is 12.3. The third kappa shape index (κ3) is 4.93. The molecule has 0 saturated carbocycles. The van der Waals surface area contributed by atoms with Crippen LogP contribution in [-0.2, 0) is 9.47 Å². The minimum absolute atomic E-state index is 0.0405. The predicted molar refractivity (Wildman–Crippen MR) is 99.6 cm³/mol. The van der Waals surface area contributed by atoms with Crippen molar-refractivity contribution in [2.24, 2.45) is 10.8 Å². The molecule has 27 heavy (non-hydrogen) atoms. The minimum atomic E-state index is -0.608. The van der Waals surface area contributed by atoms with Gasteiger partial charge in [-0.05, 0) is 16.9 Å². The lowest BCUT2D eigenvalue weighted by Crippen LogP contribution is -2.29. The summed E-state index contributed by atoms with van der Waals surface area (Å²) in [5.74, 6) is -1.41. The highest BCUT2D eigenvalue weighted by Crippen LogP contribution is 2.32. The Hall–Kier alpha value is -2.70. The number of carbonyl (C=O) groups excluding carboxylic acids is 2. The van der Waals surface area contributed by atoms with Crippen molar-refractivity contribution in [3.8, 4) is 0 Å². The fourth-order valence-electron chi connectivity index (χ4n) is 2.32. The Balaban J connectivity index is 2.51. The fraction of sp³-hybridized carbons (Fsp3) is 0.500. The average Bonchev–Trinajstić information content (AvgIpc) is 2.53. The van der Waals surface area contributed by atoms with Crippen LogP contribution in [0, 0.1) is 20.9 Å². The van der Waals surface area contributed by atoms with Crippen LogP contribution in [0.3, 0.4) is 0 Å². The number of hydrogen-bond acceptors (Lipinski definition) is 6. The quantitative estimate of drug-likeness (QED) is 0.562. The summed E-state index contributed by atoms with van der Waals surface area (Å²) in [4.78, 5) is 36.3. The molecule has 0 radical (unpaired) electrons. The monoisotopic (exact) mass is 375 g/mol. The molecule has 0 N–H and O–H groups in total. The minimum Gasteiger partial charge on any atom is -0.486 e. The number of rotatable bonds is 5. The van der Waals surface area contributed by atoms with E-state index in [0.717, 1.165) is 6.07 Å². The summed E-state index contributed by atoms with van der Waals surface area (Å²) in [6.07, 6.45) is 0. The molecule has 2 rings (SSSR count). The molecule has 0 bridgehead atoms. The maximum absolute atomic E-state index is 13.0. The molecule has 0 unspecified atom stereocenters. The van der Waals surface area contributed by atoms with Crippen LogP contribution in [0.25, 0.3) is 0 Å². The molecule has 0 atom stereocenters. The van der Waals surface area contributed by atoms with Gasteiger partial charge in [-0.15, -0.1) is 0 Å². The normalized spacial score (nSPS) is 14.9. The third-order valence-electron chi connectivity index (χ3n) is 3.62. The smallest absolute Gasteiger partial charge is 0.270 e. The van der Waals surface area contributed by atoms with E-state index in [1.54, 1.807) is 0 Å². The molecule has 0 fully saturated rings.